The van der Waals surface area contributed by atoms with E-state index in [0.717, 1.165) is 16.8 Å². The maximum Gasteiger partial charge on any atom is 0.246 e. The normalized spacial score (nSPS) is 12.2. The first kappa shape index (κ1) is 14.6. The Morgan fingerprint density at radius 2 is 2.10 bits per heavy atom. The minimum Gasteiger partial charge on any atom is -0.291 e. The van der Waals surface area contributed by atoms with E-state index >= 15 is 0 Å². The second kappa shape index (κ2) is 6.09. The average Bonchev–Trinajstić information content (AvgIpc) is 2.81. The highest BCUT2D eigenvalue weighted by atomic mass is 35.5. The number of aromatic nitrogens is 2. The number of nitrogens with zero attached hydrogens (tertiary/aromatic N) is 3. The van der Waals surface area contributed by atoms with Crippen molar-refractivity contribution in [2.75, 3.05) is 4.90 Å². The Labute approximate surface area is 124 Å². The number of anilines is 1. The van der Waals surface area contributed by atoms with E-state index in [1.165, 1.54) is 0 Å². The Hall–Kier alpha value is -1.81. The molecule has 5 heteroatoms. The molecular formula is C15H18ClN3O. The van der Waals surface area contributed by atoms with Crippen LogP contribution in [0, 0.1) is 13.8 Å². The summed E-state index contributed by atoms with van der Waals surface area (Å²) in [6, 6.07) is 7.76. The molecular weight excluding hydrogens is 274 g/mol. The molecule has 1 aromatic heterocycles. The molecule has 1 aromatic carbocycles. The minimum absolute atomic E-state index is 0.130. The number of carbonyl (C=O) groups excluding carboxylic acids is 1. The summed E-state index contributed by atoms with van der Waals surface area (Å²) in [7, 11) is 0. The Kier molecular flexibility index (Phi) is 4.45. The highest BCUT2D eigenvalue weighted by Gasteiger charge is 2.22. The lowest BCUT2D eigenvalue weighted by molar-refractivity contribution is -0.118. The quantitative estimate of drug-likeness (QED) is 0.812. The SMILES string of the molecule is Cc1cnn(CN(C(=O)C(C)Cl)c2ccccc2C)c1. The molecule has 0 spiro atoms. The second-order valence-electron chi connectivity index (χ2n) is 4.87. The zero-order chi connectivity index (χ0) is 14.7. The number of hydrogen-bond donors (Lipinski definition) is 0. The fourth-order valence-corrected chi connectivity index (χ4v) is 2.15. The van der Waals surface area contributed by atoms with Crippen molar-refractivity contribution < 1.29 is 4.79 Å². The number of amides is 1. The molecule has 0 fully saturated rings. The molecule has 0 aliphatic rings. The van der Waals surface area contributed by atoms with Gasteiger partial charge >= 0.3 is 0 Å². The number of rotatable bonds is 4. The maximum absolute atomic E-state index is 12.4. The van der Waals surface area contributed by atoms with Crippen LogP contribution in [0.25, 0.3) is 0 Å². The van der Waals surface area contributed by atoms with E-state index in [1.807, 2.05) is 44.3 Å². The zero-order valence-corrected chi connectivity index (χ0v) is 12.6. The Bertz CT molecular complexity index is 607. The molecule has 2 aromatic rings. The third-order valence-electron chi connectivity index (χ3n) is 3.06. The van der Waals surface area contributed by atoms with Crippen molar-refractivity contribution in [2.45, 2.75) is 32.8 Å². The van der Waals surface area contributed by atoms with Crippen molar-refractivity contribution in [2.24, 2.45) is 0 Å². The number of hydrogen-bond acceptors (Lipinski definition) is 2. The molecule has 0 aliphatic carbocycles. The highest BCUT2D eigenvalue weighted by molar-refractivity contribution is 6.32. The van der Waals surface area contributed by atoms with E-state index in [-0.39, 0.29) is 5.91 Å². The number of aryl methyl sites for hydroxylation is 2. The third-order valence-corrected chi connectivity index (χ3v) is 3.25. The van der Waals surface area contributed by atoms with Crippen molar-refractivity contribution in [3.05, 3.63) is 47.8 Å². The van der Waals surface area contributed by atoms with Crippen LogP contribution in [0.15, 0.2) is 36.7 Å². The lowest BCUT2D eigenvalue weighted by Crippen LogP contribution is -2.37. The molecule has 20 heavy (non-hydrogen) atoms. The van der Waals surface area contributed by atoms with Crippen LogP contribution < -0.4 is 4.90 Å². The number of alkyl halides is 1. The number of para-hydroxylation sites is 1. The molecule has 1 heterocycles. The van der Waals surface area contributed by atoms with Gasteiger partial charge in [-0.2, -0.15) is 5.10 Å². The van der Waals surface area contributed by atoms with Gasteiger partial charge in [0, 0.05) is 11.9 Å². The van der Waals surface area contributed by atoms with Gasteiger partial charge in [0.2, 0.25) is 5.91 Å². The van der Waals surface area contributed by atoms with E-state index in [2.05, 4.69) is 5.10 Å². The van der Waals surface area contributed by atoms with Crippen LogP contribution in [0.3, 0.4) is 0 Å². The van der Waals surface area contributed by atoms with Gasteiger partial charge in [-0.25, -0.2) is 0 Å². The van der Waals surface area contributed by atoms with Gasteiger partial charge in [0.1, 0.15) is 12.0 Å². The molecule has 1 atom stereocenters. The van der Waals surface area contributed by atoms with Crippen molar-refractivity contribution in [1.29, 1.82) is 0 Å². The monoisotopic (exact) mass is 291 g/mol. The van der Waals surface area contributed by atoms with Crippen molar-refractivity contribution >= 4 is 23.2 Å². The molecule has 0 saturated heterocycles. The summed E-state index contributed by atoms with van der Waals surface area (Å²) in [5.41, 5.74) is 2.95. The summed E-state index contributed by atoms with van der Waals surface area (Å²) in [4.78, 5) is 14.0. The topological polar surface area (TPSA) is 38.1 Å². The van der Waals surface area contributed by atoms with Gasteiger partial charge < -0.3 is 0 Å². The first-order valence-corrected chi connectivity index (χ1v) is 6.93. The molecule has 0 aliphatic heterocycles. The molecule has 1 amide bonds. The molecule has 4 nitrogen and oxygen atoms in total. The van der Waals surface area contributed by atoms with Crippen LogP contribution in [0.1, 0.15) is 18.1 Å². The first-order valence-electron chi connectivity index (χ1n) is 6.49. The largest absolute Gasteiger partial charge is 0.291 e. The smallest absolute Gasteiger partial charge is 0.246 e. The molecule has 0 bridgehead atoms. The standard InChI is InChI=1S/C15H18ClN3O/c1-11-8-17-18(9-11)10-19(15(20)13(3)16)14-7-5-4-6-12(14)2/h4-9,13H,10H2,1-3H3. The molecule has 0 radical (unpaired) electrons. The van der Waals surface area contributed by atoms with Gasteiger partial charge in [0.25, 0.3) is 0 Å². The molecule has 2 rings (SSSR count). The molecule has 1 unspecified atom stereocenters. The Morgan fingerprint density at radius 1 is 1.40 bits per heavy atom. The fourth-order valence-electron chi connectivity index (χ4n) is 2.03. The Morgan fingerprint density at radius 3 is 2.65 bits per heavy atom. The van der Waals surface area contributed by atoms with E-state index in [1.54, 1.807) is 22.7 Å². The van der Waals surface area contributed by atoms with Crippen molar-refractivity contribution in [1.82, 2.24) is 9.78 Å². The predicted octanol–water partition coefficient (Wildman–Crippen LogP) is 3.12. The van der Waals surface area contributed by atoms with Crippen LogP contribution in [-0.2, 0) is 11.5 Å². The summed E-state index contributed by atoms with van der Waals surface area (Å²) >= 11 is 5.98. The highest BCUT2D eigenvalue weighted by Crippen LogP contribution is 2.22. The van der Waals surface area contributed by atoms with E-state index in [4.69, 9.17) is 11.6 Å². The second-order valence-corrected chi connectivity index (χ2v) is 5.52. The first-order chi connectivity index (χ1) is 9.49. The van der Waals surface area contributed by atoms with Gasteiger partial charge in [-0.15, -0.1) is 11.6 Å². The average molecular weight is 292 g/mol. The van der Waals surface area contributed by atoms with Crippen molar-refractivity contribution in [3.8, 4) is 0 Å². The van der Waals surface area contributed by atoms with Gasteiger partial charge in [-0.05, 0) is 38.0 Å². The Balaban J connectivity index is 2.35. The molecule has 0 N–H and O–H groups in total. The van der Waals surface area contributed by atoms with Gasteiger partial charge in [-0.1, -0.05) is 18.2 Å². The summed E-state index contributed by atoms with van der Waals surface area (Å²) in [5, 5.41) is 3.65. The fraction of sp³-hybridized carbons (Fsp3) is 0.333. The van der Waals surface area contributed by atoms with E-state index in [9.17, 15) is 4.79 Å². The maximum atomic E-state index is 12.4. The van der Waals surface area contributed by atoms with Gasteiger partial charge in [0.15, 0.2) is 0 Å². The van der Waals surface area contributed by atoms with Crippen LogP contribution >= 0.6 is 11.6 Å². The summed E-state index contributed by atoms with van der Waals surface area (Å²) < 4.78 is 1.74. The predicted molar refractivity (Wildman–Crippen MR) is 80.9 cm³/mol. The zero-order valence-electron chi connectivity index (χ0n) is 11.9. The van der Waals surface area contributed by atoms with Gasteiger partial charge in [0.05, 0.1) is 6.20 Å². The van der Waals surface area contributed by atoms with Gasteiger partial charge in [-0.3, -0.25) is 14.4 Å². The number of carbonyl (C=O) groups is 1. The summed E-state index contributed by atoms with van der Waals surface area (Å²) in [5.74, 6) is -0.130. The molecule has 106 valence electrons. The van der Waals surface area contributed by atoms with Crippen molar-refractivity contribution in [3.63, 3.8) is 0 Å². The summed E-state index contributed by atoms with van der Waals surface area (Å²) in [6.07, 6.45) is 3.67. The lowest BCUT2D eigenvalue weighted by atomic mass is 10.2. The third kappa shape index (κ3) is 3.20. The van der Waals surface area contributed by atoms with Crippen LogP contribution in [0.5, 0.6) is 0 Å². The number of halogens is 1. The molecule has 0 saturated carbocycles. The lowest BCUT2D eigenvalue weighted by Gasteiger charge is -2.25. The van der Waals surface area contributed by atoms with Crippen LogP contribution in [-0.4, -0.2) is 21.1 Å². The van der Waals surface area contributed by atoms with Crippen LogP contribution in [0.2, 0.25) is 0 Å². The number of benzene rings is 1. The van der Waals surface area contributed by atoms with E-state index in [0.29, 0.717) is 6.67 Å². The van der Waals surface area contributed by atoms with E-state index < -0.39 is 5.38 Å². The minimum atomic E-state index is -0.578. The summed E-state index contributed by atoms with van der Waals surface area (Å²) in [6.45, 7) is 5.98. The van der Waals surface area contributed by atoms with Crippen LogP contribution in [0.4, 0.5) is 5.69 Å².